The quantitative estimate of drug-likeness (QED) is 0.557. The highest BCUT2D eigenvalue weighted by Crippen LogP contribution is 2.49. The van der Waals surface area contributed by atoms with Gasteiger partial charge in [0.25, 0.3) is 0 Å². The van der Waals surface area contributed by atoms with E-state index in [-0.39, 0.29) is 24.3 Å². The van der Waals surface area contributed by atoms with Crippen LogP contribution in [0.5, 0.6) is 0 Å². The van der Waals surface area contributed by atoms with Crippen LogP contribution in [0.3, 0.4) is 0 Å². The Hall–Kier alpha value is -3.23. The molecular formula is C30H40N4O4. The smallest absolute Gasteiger partial charge is 0.247 e. The maximum absolute atomic E-state index is 13.9. The van der Waals surface area contributed by atoms with Gasteiger partial charge in [-0.05, 0) is 50.3 Å². The number of nitrogens with one attached hydrogen (secondary N) is 1. The second-order valence-corrected chi connectivity index (χ2v) is 11.4. The SMILES string of the molecule is Cc1ccccc1C1CN(C)C(=O)C12CCCN(C(=O)[C@@H](COCc1ccccc1)NC(=O)C(C)(C)N)C2. The lowest BCUT2D eigenvalue weighted by molar-refractivity contribution is -0.147. The lowest BCUT2D eigenvalue weighted by atomic mass is 9.68. The molecule has 2 aliphatic heterocycles. The summed E-state index contributed by atoms with van der Waals surface area (Å²) in [5, 5.41) is 2.82. The minimum Gasteiger partial charge on any atom is -0.374 e. The molecule has 3 atom stereocenters. The van der Waals surface area contributed by atoms with E-state index in [1.807, 2.05) is 49.5 Å². The van der Waals surface area contributed by atoms with Crippen molar-refractivity contribution in [3.05, 3.63) is 71.3 Å². The van der Waals surface area contributed by atoms with Gasteiger partial charge in [-0.15, -0.1) is 0 Å². The van der Waals surface area contributed by atoms with Crippen molar-refractivity contribution >= 4 is 17.7 Å². The summed E-state index contributed by atoms with van der Waals surface area (Å²) in [5.74, 6) is -0.615. The summed E-state index contributed by atoms with van der Waals surface area (Å²) < 4.78 is 5.89. The number of nitrogens with two attached hydrogens (primary N) is 1. The molecule has 0 radical (unpaired) electrons. The molecule has 2 aromatic rings. The fourth-order valence-corrected chi connectivity index (χ4v) is 5.77. The number of benzene rings is 2. The number of piperidine rings is 1. The molecule has 0 aliphatic carbocycles. The zero-order valence-corrected chi connectivity index (χ0v) is 22.9. The maximum atomic E-state index is 13.9. The summed E-state index contributed by atoms with van der Waals surface area (Å²) in [6.07, 6.45) is 1.43. The van der Waals surface area contributed by atoms with Gasteiger partial charge in [-0.3, -0.25) is 14.4 Å². The molecular weight excluding hydrogens is 480 g/mol. The first-order valence-corrected chi connectivity index (χ1v) is 13.3. The van der Waals surface area contributed by atoms with E-state index in [1.54, 1.807) is 23.6 Å². The Morgan fingerprint density at radius 3 is 2.53 bits per heavy atom. The molecule has 0 bridgehead atoms. The number of amides is 3. The monoisotopic (exact) mass is 520 g/mol. The van der Waals surface area contributed by atoms with E-state index in [0.29, 0.717) is 32.7 Å². The Morgan fingerprint density at radius 2 is 1.84 bits per heavy atom. The number of nitrogens with zero attached hydrogens (tertiary/aromatic N) is 2. The van der Waals surface area contributed by atoms with Crippen LogP contribution in [0, 0.1) is 12.3 Å². The number of rotatable bonds is 8. The van der Waals surface area contributed by atoms with Crippen molar-refractivity contribution in [1.29, 1.82) is 0 Å². The molecule has 2 aliphatic rings. The molecule has 0 saturated carbocycles. The molecule has 3 N–H and O–H groups in total. The largest absolute Gasteiger partial charge is 0.374 e. The van der Waals surface area contributed by atoms with Crippen molar-refractivity contribution in [3.8, 4) is 0 Å². The number of hydrogen-bond acceptors (Lipinski definition) is 5. The van der Waals surface area contributed by atoms with Gasteiger partial charge in [-0.25, -0.2) is 0 Å². The van der Waals surface area contributed by atoms with Crippen LogP contribution in [-0.2, 0) is 25.7 Å². The summed E-state index contributed by atoms with van der Waals surface area (Å²) in [4.78, 5) is 43.9. The summed E-state index contributed by atoms with van der Waals surface area (Å²) in [5.41, 5.74) is 7.45. The first-order chi connectivity index (χ1) is 18.0. The third-order valence-electron chi connectivity index (χ3n) is 7.88. The van der Waals surface area contributed by atoms with Crippen molar-refractivity contribution in [3.63, 3.8) is 0 Å². The van der Waals surface area contributed by atoms with Crippen LogP contribution in [-0.4, -0.2) is 72.4 Å². The molecule has 204 valence electrons. The Kier molecular flexibility index (Phi) is 8.23. The summed E-state index contributed by atoms with van der Waals surface area (Å²) in [6, 6.07) is 16.9. The van der Waals surface area contributed by atoms with E-state index in [2.05, 4.69) is 24.4 Å². The molecule has 2 fully saturated rings. The fourth-order valence-electron chi connectivity index (χ4n) is 5.77. The topological polar surface area (TPSA) is 105 Å². The Morgan fingerprint density at radius 1 is 1.16 bits per heavy atom. The number of carbonyl (C=O) groups excluding carboxylic acids is 3. The highest BCUT2D eigenvalue weighted by molar-refractivity contribution is 5.92. The molecule has 1 spiro atoms. The second-order valence-electron chi connectivity index (χ2n) is 11.4. The molecule has 0 aromatic heterocycles. The number of ether oxygens (including phenoxy) is 1. The fraction of sp³-hybridized carbons (Fsp3) is 0.500. The van der Waals surface area contributed by atoms with Crippen LogP contribution in [0.2, 0.25) is 0 Å². The van der Waals surface area contributed by atoms with Gasteiger partial charge in [0.1, 0.15) is 6.04 Å². The Labute approximate surface area is 225 Å². The van der Waals surface area contributed by atoms with Gasteiger partial charge < -0.3 is 25.6 Å². The van der Waals surface area contributed by atoms with Crippen LogP contribution in [0.1, 0.15) is 49.3 Å². The van der Waals surface area contributed by atoms with Gasteiger partial charge >= 0.3 is 0 Å². The molecule has 2 heterocycles. The van der Waals surface area contributed by atoms with E-state index in [4.69, 9.17) is 10.5 Å². The number of carbonyl (C=O) groups is 3. The molecule has 2 saturated heterocycles. The minimum atomic E-state index is -1.15. The zero-order chi connectivity index (χ0) is 27.5. The number of aryl methyl sites for hydroxylation is 1. The van der Waals surface area contributed by atoms with Crippen LogP contribution < -0.4 is 11.1 Å². The van der Waals surface area contributed by atoms with Gasteiger partial charge in [-0.1, -0.05) is 54.6 Å². The van der Waals surface area contributed by atoms with E-state index < -0.39 is 22.9 Å². The third kappa shape index (κ3) is 5.76. The van der Waals surface area contributed by atoms with Crippen molar-refractivity contribution in [2.45, 2.75) is 57.7 Å². The van der Waals surface area contributed by atoms with Crippen molar-refractivity contribution < 1.29 is 19.1 Å². The van der Waals surface area contributed by atoms with Crippen molar-refractivity contribution in [2.75, 3.05) is 33.3 Å². The van der Waals surface area contributed by atoms with Gasteiger partial charge in [-0.2, -0.15) is 0 Å². The number of hydrogen-bond donors (Lipinski definition) is 2. The predicted molar refractivity (Wildman–Crippen MR) is 146 cm³/mol. The normalized spacial score (nSPS) is 22.6. The highest BCUT2D eigenvalue weighted by atomic mass is 16.5. The van der Waals surface area contributed by atoms with E-state index in [0.717, 1.165) is 23.1 Å². The predicted octanol–water partition coefficient (Wildman–Crippen LogP) is 2.60. The van der Waals surface area contributed by atoms with Crippen LogP contribution in [0.4, 0.5) is 0 Å². The van der Waals surface area contributed by atoms with E-state index >= 15 is 0 Å². The second kappa shape index (κ2) is 11.3. The molecule has 8 nitrogen and oxygen atoms in total. The van der Waals surface area contributed by atoms with Gasteiger partial charge in [0.15, 0.2) is 0 Å². The van der Waals surface area contributed by atoms with Crippen LogP contribution in [0.15, 0.2) is 54.6 Å². The average Bonchev–Trinajstić information content (AvgIpc) is 3.12. The zero-order valence-electron chi connectivity index (χ0n) is 22.9. The van der Waals surface area contributed by atoms with E-state index in [1.165, 1.54) is 0 Å². The highest BCUT2D eigenvalue weighted by Gasteiger charge is 2.56. The molecule has 38 heavy (non-hydrogen) atoms. The summed E-state index contributed by atoms with van der Waals surface area (Å²) in [7, 11) is 1.84. The Balaban J connectivity index is 1.56. The number of likely N-dealkylation sites (tertiary alicyclic amines) is 2. The lowest BCUT2D eigenvalue weighted by Gasteiger charge is -2.43. The first kappa shape index (κ1) is 27.8. The van der Waals surface area contributed by atoms with Crippen molar-refractivity contribution in [2.24, 2.45) is 11.1 Å². The van der Waals surface area contributed by atoms with Crippen LogP contribution in [0.25, 0.3) is 0 Å². The standard InChI is InChI=1S/C30H40N4O4/c1-21-11-8-9-14-23(21)24-17-33(4)28(37)30(24)15-10-16-34(20-30)26(35)25(32-27(36)29(2,3)31)19-38-18-22-12-6-5-7-13-22/h5-9,11-14,24-25H,10,15-20,31H2,1-4H3,(H,32,36)/t24?,25-,30?/m1/s1. The van der Waals surface area contributed by atoms with Gasteiger partial charge in [0.05, 0.1) is 24.2 Å². The molecule has 2 unspecified atom stereocenters. The minimum absolute atomic E-state index is 0.00805. The molecule has 2 aromatic carbocycles. The first-order valence-electron chi connectivity index (χ1n) is 13.3. The van der Waals surface area contributed by atoms with E-state index in [9.17, 15) is 14.4 Å². The molecule has 3 amide bonds. The maximum Gasteiger partial charge on any atom is 0.247 e. The molecule has 4 rings (SSSR count). The lowest BCUT2D eigenvalue weighted by Crippen LogP contribution is -2.60. The number of likely N-dealkylation sites (N-methyl/N-ethyl adjacent to an activating group) is 1. The average molecular weight is 521 g/mol. The molecule has 8 heteroatoms. The Bertz CT molecular complexity index is 1160. The van der Waals surface area contributed by atoms with Gasteiger partial charge in [0.2, 0.25) is 17.7 Å². The summed E-state index contributed by atoms with van der Waals surface area (Å²) >= 11 is 0. The van der Waals surface area contributed by atoms with Crippen LogP contribution >= 0.6 is 0 Å². The van der Waals surface area contributed by atoms with Gasteiger partial charge in [0, 0.05) is 32.6 Å². The summed E-state index contributed by atoms with van der Waals surface area (Å²) in [6.45, 7) is 7.05. The van der Waals surface area contributed by atoms with Crippen molar-refractivity contribution in [1.82, 2.24) is 15.1 Å². The third-order valence-corrected chi connectivity index (χ3v) is 7.88.